The Morgan fingerprint density at radius 3 is 2.47 bits per heavy atom. The van der Waals surface area contributed by atoms with Gasteiger partial charge in [-0.25, -0.2) is 0 Å². The van der Waals surface area contributed by atoms with Gasteiger partial charge in [-0.2, -0.15) is 13.2 Å². The molecule has 2 rings (SSSR count). The molecule has 1 aromatic carbocycles. The molecule has 2 nitrogen and oxygen atoms in total. The molecule has 0 aliphatic carbocycles. The van der Waals surface area contributed by atoms with Crippen molar-refractivity contribution in [2.45, 2.75) is 11.1 Å². The zero-order chi connectivity index (χ0) is 12.8. The van der Waals surface area contributed by atoms with Gasteiger partial charge < -0.3 is 4.57 Å². The lowest BCUT2D eigenvalue weighted by atomic mass is 10.2. The van der Waals surface area contributed by atoms with E-state index in [4.69, 9.17) is 0 Å². The highest BCUT2D eigenvalue weighted by atomic mass is 32.1. The largest absolute Gasteiger partial charge is 0.431 e. The minimum absolute atomic E-state index is 0.220. The molecule has 0 spiro atoms. The summed E-state index contributed by atoms with van der Waals surface area (Å²) in [5, 5.41) is 0.248. The molecular weight excluding hydrogens is 251 g/mol. The first-order chi connectivity index (χ1) is 7.80. The molecule has 0 unspecified atom stereocenters. The fraction of sp³-hybridized carbons (Fsp3) is 0.182. The summed E-state index contributed by atoms with van der Waals surface area (Å²) in [5.41, 5.74) is -1.38. The number of benzene rings is 1. The molecule has 0 radical (unpaired) electrons. The minimum atomic E-state index is -4.55. The number of pyridine rings is 1. The number of rotatable bonds is 0. The lowest BCUT2D eigenvalue weighted by Gasteiger charge is -2.14. The van der Waals surface area contributed by atoms with E-state index in [1.807, 2.05) is 0 Å². The highest BCUT2D eigenvalue weighted by Gasteiger charge is 2.34. The Kier molecular flexibility index (Phi) is 2.69. The molecule has 0 amide bonds. The van der Waals surface area contributed by atoms with E-state index < -0.39 is 17.3 Å². The molecule has 6 heteroatoms. The zero-order valence-corrected chi connectivity index (χ0v) is 9.64. The van der Waals surface area contributed by atoms with Gasteiger partial charge in [0.15, 0.2) is 5.43 Å². The summed E-state index contributed by atoms with van der Waals surface area (Å²) in [7, 11) is 1.28. The van der Waals surface area contributed by atoms with Gasteiger partial charge in [0.25, 0.3) is 0 Å². The summed E-state index contributed by atoms with van der Waals surface area (Å²) in [5.74, 6) is 0. The van der Waals surface area contributed by atoms with Crippen molar-refractivity contribution in [3.8, 4) is 0 Å². The number of hydrogen-bond acceptors (Lipinski definition) is 2. The van der Waals surface area contributed by atoms with Crippen LogP contribution in [0.4, 0.5) is 13.2 Å². The average Bonchev–Trinajstić information content (AvgIpc) is 2.21. The second-order valence-corrected chi connectivity index (χ2v) is 4.17. The van der Waals surface area contributed by atoms with E-state index in [0.717, 1.165) is 4.57 Å². The van der Waals surface area contributed by atoms with E-state index in [1.54, 1.807) is 6.07 Å². The molecule has 17 heavy (non-hydrogen) atoms. The van der Waals surface area contributed by atoms with Crippen molar-refractivity contribution < 1.29 is 13.2 Å². The van der Waals surface area contributed by atoms with Crippen LogP contribution in [0, 0.1) is 0 Å². The first kappa shape index (κ1) is 12.0. The minimum Gasteiger partial charge on any atom is -0.340 e. The highest BCUT2D eigenvalue weighted by molar-refractivity contribution is 7.80. The van der Waals surface area contributed by atoms with Gasteiger partial charge in [-0.3, -0.25) is 4.79 Å². The van der Waals surface area contributed by atoms with Gasteiger partial charge in [0, 0.05) is 23.4 Å². The van der Waals surface area contributed by atoms with Crippen LogP contribution in [0.25, 0.3) is 10.9 Å². The summed E-state index contributed by atoms with van der Waals surface area (Å²) in [6.07, 6.45) is -4.55. The van der Waals surface area contributed by atoms with Gasteiger partial charge >= 0.3 is 6.18 Å². The van der Waals surface area contributed by atoms with Crippen LogP contribution in [0.5, 0.6) is 0 Å². The van der Waals surface area contributed by atoms with E-state index in [9.17, 15) is 18.0 Å². The van der Waals surface area contributed by atoms with Crippen LogP contribution < -0.4 is 5.43 Å². The predicted octanol–water partition coefficient (Wildman–Crippen LogP) is 2.85. The number of fused-ring (bicyclic) bond motifs is 1. The second-order valence-electron chi connectivity index (χ2n) is 3.65. The molecule has 90 valence electrons. The van der Waals surface area contributed by atoms with E-state index in [-0.39, 0.29) is 10.9 Å². The summed E-state index contributed by atoms with van der Waals surface area (Å²) in [6, 6.07) is 5.09. The third-order valence-electron chi connectivity index (χ3n) is 2.53. The molecule has 0 aliphatic heterocycles. The lowest BCUT2D eigenvalue weighted by molar-refractivity contribution is -0.143. The normalized spacial score (nSPS) is 12.1. The summed E-state index contributed by atoms with van der Waals surface area (Å²) in [6.45, 7) is 0. The van der Waals surface area contributed by atoms with Crippen molar-refractivity contribution in [1.29, 1.82) is 0 Å². The fourth-order valence-corrected chi connectivity index (χ4v) is 1.90. The van der Waals surface area contributed by atoms with Crippen LogP contribution in [0.2, 0.25) is 0 Å². The third kappa shape index (κ3) is 2.04. The Labute approximate surface area is 100 Å². The van der Waals surface area contributed by atoms with Crippen LogP contribution in [-0.4, -0.2) is 4.57 Å². The quantitative estimate of drug-likeness (QED) is 0.722. The van der Waals surface area contributed by atoms with Gasteiger partial charge in [0.1, 0.15) is 5.69 Å². The summed E-state index contributed by atoms with van der Waals surface area (Å²) < 4.78 is 39.0. The van der Waals surface area contributed by atoms with Crippen LogP contribution in [0.1, 0.15) is 5.69 Å². The number of halogens is 3. The van der Waals surface area contributed by atoms with Crippen molar-refractivity contribution >= 4 is 23.5 Å². The molecule has 0 aliphatic rings. The van der Waals surface area contributed by atoms with Crippen molar-refractivity contribution in [2.75, 3.05) is 0 Å². The number of thiol groups is 1. The van der Waals surface area contributed by atoms with Crippen molar-refractivity contribution in [3.05, 3.63) is 40.2 Å². The SMILES string of the molecule is Cn1c(C(F)(F)F)cc(=O)c2ccc(S)cc21. The maximum atomic E-state index is 12.7. The summed E-state index contributed by atoms with van der Waals surface area (Å²) in [4.78, 5) is 12.1. The van der Waals surface area contributed by atoms with Crippen molar-refractivity contribution in [1.82, 2.24) is 4.57 Å². The Morgan fingerprint density at radius 2 is 1.88 bits per heavy atom. The molecule has 2 aromatic rings. The molecule has 0 saturated carbocycles. The molecule has 1 heterocycles. The third-order valence-corrected chi connectivity index (χ3v) is 2.81. The van der Waals surface area contributed by atoms with Gasteiger partial charge in [0.05, 0.1) is 5.52 Å². The zero-order valence-electron chi connectivity index (χ0n) is 8.75. The Bertz CT molecular complexity index is 645. The van der Waals surface area contributed by atoms with E-state index in [2.05, 4.69) is 12.6 Å². The van der Waals surface area contributed by atoms with Gasteiger partial charge in [-0.1, -0.05) is 0 Å². The Balaban J connectivity index is 2.93. The van der Waals surface area contributed by atoms with Crippen molar-refractivity contribution in [3.63, 3.8) is 0 Å². The first-order valence-electron chi connectivity index (χ1n) is 4.70. The molecule has 0 N–H and O–H groups in total. The average molecular weight is 259 g/mol. The van der Waals surface area contributed by atoms with Gasteiger partial charge in [0.2, 0.25) is 0 Å². The van der Waals surface area contributed by atoms with E-state index >= 15 is 0 Å². The molecular formula is C11H8F3NOS. The number of nitrogens with zero attached hydrogens (tertiary/aromatic N) is 1. The summed E-state index contributed by atoms with van der Waals surface area (Å²) >= 11 is 4.05. The van der Waals surface area contributed by atoms with Gasteiger partial charge in [-0.15, -0.1) is 12.6 Å². The fourth-order valence-electron chi connectivity index (χ4n) is 1.71. The van der Waals surface area contributed by atoms with Crippen LogP contribution in [0.15, 0.2) is 34.0 Å². The molecule has 1 aromatic heterocycles. The molecule has 0 bridgehead atoms. The number of aryl methyl sites for hydroxylation is 1. The lowest BCUT2D eigenvalue weighted by Crippen LogP contribution is -2.19. The smallest absolute Gasteiger partial charge is 0.340 e. The van der Waals surface area contributed by atoms with Crippen molar-refractivity contribution in [2.24, 2.45) is 7.05 Å². The number of aromatic nitrogens is 1. The standard InChI is InChI=1S/C11H8F3NOS/c1-15-8-4-6(17)2-3-7(8)9(16)5-10(15)11(12,13)14/h2-5,17H,1H3. The topological polar surface area (TPSA) is 22.0 Å². The Hall–Kier alpha value is -1.43. The predicted molar refractivity (Wildman–Crippen MR) is 61.4 cm³/mol. The van der Waals surface area contributed by atoms with E-state index in [1.165, 1.54) is 19.2 Å². The molecule has 0 atom stereocenters. The first-order valence-corrected chi connectivity index (χ1v) is 5.15. The highest BCUT2D eigenvalue weighted by Crippen LogP contribution is 2.30. The maximum absolute atomic E-state index is 12.7. The Morgan fingerprint density at radius 1 is 1.24 bits per heavy atom. The van der Waals surface area contributed by atoms with Crippen LogP contribution in [-0.2, 0) is 13.2 Å². The maximum Gasteiger partial charge on any atom is 0.431 e. The van der Waals surface area contributed by atoms with Crippen LogP contribution in [0.3, 0.4) is 0 Å². The van der Waals surface area contributed by atoms with Gasteiger partial charge in [-0.05, 0) is 18.2 Å². The van der Waals surface area contributed by atoms with E-state index in [0.29, 0.717) is 11.0 Å². The number of hydrogen-bond donors (Lipinski definition) is 1. The molecule has 0 saturated heterocycles. The second kappa shape index (κ2) is 3.80. The monoisotopic (exact) mass is 259 g/mol. The number of alkyl halides is 3. The molecule has 0 fully saturated rings. The van der Waals surface area contributed by atoms with Crippen LogP contribution >= 0.6 is 12.6 Å².